The van der Waals surface area contributed by atoms with Crippen LogP contribution in [-0.4, -0.2) is 41.1 Å². The Morgan fingerprint density at radius 1 is 1.30 bits per heavy atom. The van der Waals surface area contributed by atoms with E-state index in [-0.39, 0.29) is 28.5 Å². The van der Waals surface area contributed by atoms with E-state index in [2.05, 4.69) is 19.7 Å². The Labute approximate surface area is 129 Å². The fourth-order valence-electron chi connectivity index (χ4n) is 1.75. The first-order valence-electron chi connectivity index (χ1n) is 6.41. The smallest absolute Gasteiger partial charge is 0.358 e. The fraction of sp³-hybridized carbons (Fsp3) is 0.286. The lowest BCUT2D eigenvalue weighted by atomic mass is 10.2. The number of aryl methyl sites for hydroxylation is 1. The fourth-order valence-corrected chi connectivity index (χ4v) is 1.75. The van der Waals surface area contributed by atoms with Crippen molar-refractivity contribution in [2.75, 3.05) is 13.7 Å². The molecule has 0 aliphatic heterocycles. The number of hydrogen-bond donors (Lipinski definition) is 0. The molecule has 0 aliphatic carbocycles. The Morgan fingerprint density at radius 3 is 2.65 bits per heavy atom. The lowest BCUT2D eigenvalue weighted by Gasteiger charge is -2.09. The van der Waals surface area contributed by atoms with Crippen LogP contribution in [0.25, 0.3) is 11.3 Å². The molecule has 0 saturated carbocycles. The number of pyridine rings is 1. The minimum Gasteiger partial charge on any atom is -0.472 e. The van der Waals surface area contributed by atoms with Crippen LogP contribution < -0.4 is 4.74 Å². The van der Waals surface area contributed by atoms with Gasteiger partial charge < -0.3 is 9.47 Å². The summed E-state index contributed by atoms with van der Waals surface area (Å²) in [6.07, 6.45) is -0.665. The number of carbonyl (C=O) groups is 1. The lowest BCUT2D eigenvalue weighted by Crippen LogP contribution is -2.10. The second kappa shape index (κ2) is 7.03. The highest BCUT2D eigenvalue weighted by molar-refractivity contribution is 5.88. The number of nitrogens with zero attached hydrogens (tertiary/aromatic N) is 3. The molecule has 0 aromatic carbocycles. The highest BCUT2D eigenvalue weighted by Gasteiger charge is 2.16. The molecule has 0 fully saturated rings. The summed E-state index contributed by atoms with van der Waals surface area (Å²) in [4.78, 5) is 23.0. The van der Waals surface area contributed by atoms with Crippen molar-refractivity contribution in [2.24, 2.45) is 0 Å². The van der Waals surface area contributed by atoms with Crippen LogP contribution in [0.2, 0.25) is 0 Å². The van der Waals surface area contributed by atoms with Crippen molar-refractivity contribution in [3.05, 3.63) is 35.7 Å². The van der Waals surface area contributed by atoms with E-state index in [1.807, 2.05) is 0 Å². The van der Waals surface area contributed by atoms with Crippen LogP contribution in [0.15, 0.2) is 18.5 Å². The second-order valence-electron chi connectivity index (χ2n) is 4.39. The monoisotopic (exact) mass is 327 g/mol. The molecule has 0 unspecified atom stereocenters. The Bertz CT molecular complexity index is 726. The molecule has 23 heavy (non-hydrogen) atoms. The van der Waals surface area contributed by atoms with Crippen molar-refractivity contribution in [3.63, 3.8) is 0 Å². The molecule has 0 aliphatic rings. The third kappa shape index (κ3) is 3.93. The molecule has 6 nitrogen and oxygen atoms in total. The molecule has 0 bridgehead atoms. The number of alkyl halides is 2. The summed E-state index contributed by atoms with van der Waals surface area (Å²) in [6.45, 7) is 0.653. The third-order valence-corrected chi connectivity index (χ3v) is 2.79. The highest BCUT2D eigenvalue weighted by atomic mass is 19.3. The topological polar surface area (TPSA) is 74.2 Å². The average Bonchev–Trinajstić information content (AvgIpc) is 2.53. The van der Waals surface area contributed by atoms with Crippen LogP contribution in [0.4, 0.5) is 13.2 Å². The first-order chi connectivity index (χ1) is 10.9. The summed E-state index contributed by atoms with van der Waals surface area (Å²) in [5, 5.41) is 0. The highest BCUT2D eigenvalue weighted by Crippen LogP contribution is 2.24. The Kier molecular flexibility index (Phi) is 5.09. The summed E-state index contributed by atoms with van der Waals surface area (Å²) < 4.78 is 47.4. The van der Waals surface area contributed by atoms with Crippen molar-refractivity contribution in [1.29, 1.82) is 0 Å². The molecule has 2 aromatic heterocycles. The van der Waals surface area contributed by atoms with Crippen LogP contribution in [-0.2, 0) is 4.74 Å². The third-order valence-electron chi connectivity index (χ3n) is 2.79. The van der Waals surface area contributed by atoms with Crippen LogP contribution >= 0.6 is 0 Å². The maximum Gasteiger partial charge on any atom is 0.358 e. The van der Waals surface area contributed by atoms with Crippen LogP contribution in [0.3, 0.4) is 0 Å². The van der Waals surface area contributed by atoms with Gasteiger partial charge in [0, 0.05) is 11.6 Å². The molecule has 2 aromatic rings. The SMILES string of the molecule is COC(=O)c1ncc(-c2cc(OCC(F)F)ncc2F)nc1C. The van der Waals surface area contributed by atoms with Gasteiger partial charge in [0.15, 0.2) is 18.1 Å². The molecule has 0 saturated heterocycles. The van der Waals surface area contributed by atoms with Gasteiger partial charge in [-0.05, 0) is 6.92 Å². The predicted octanol–water partition coefficient (Wildman–Crippen LogP) is 2.42. The van der Waals surface area contributed by atoms with E-state index >= 15 is 0 Å². The van der Waals surface area contributed by atoms with Gasteiger partial charge in [0.05, 0.1) is 30.9 Å². The number of esters is 1. The molecule has 0 spiro atoms. The van der Waals surface area contributed by atoms with E-state index < -0.39 is 24.8 Å². The molecule has 0 amide bonds. The number of rotatable bonds is 5. The summed E-state index contributed by atoms with van der Waals surface area (Å²) in [5.74, 6) is -1.56. The van der Waals surface area contributed by atoms with Crippen LogP contribution in [0.5, 0.6) is 5.88 Å². The summed E-state index contributed by atoms with van der Waals surface area (Å²) in [5.41, 5.74) is 0.314. The predicted molar refractivity (Wildman–Crippen MR) is 72.8 cm³/mol. The number of halogens is 3. The van der Waals surface area contributed by atoms with Crippen molar-refractivity contribution in [1.82, 2.24) is 15.0 Å². The Hall–Kier alpha value is -2.71. The van der Waals surface area contributed by atoms with E-state index in [4.69, 9.17) is 4.74 Å². The van der Waals surface area contributed by atoms with Gasteiger partial charge in [-0.1, -0.05) is 0 Å². The average molecular weight is 327 g/mol. The summed E-state index contributed by atoms with van der Waals surface area (Å²) >= 11 is 0. The van der Waals surface area contributed by atoms with E-state index in [1.165, 1.54) is 20.2 Å². The molecule has 0 N–H and O–H groups in total. The molecular weight excluding hydrogens is 315 g/mol. The largest absolute Gasteiger partial charge is 0.472 e. The molecule has 9 heteroatoms. The molecule has 0 radical (unpaired) electrons. The van der Waals surface area contributed by atoms with E-state index in [9.17, 15) is 18.0 Å². The van der Waals surface area contributed by atoms with Crippen molar-refractivity contribution >= 4 is 5.97 Å². The van der Waals surface area contributed by atoms with Gasteiger partial charge >= 0.3 is 5.97 Å². The van der Waals surface area contributed by atoms with Crippen LogP contribution in [0, 0.1) is 12.7 Å². The first-order valence-corrected chi connectivity index (χ1v) is 6.41. The first kappa shape index (κ1) is 16.7. The zero-order valence-corrected chi connectivity index (χ0v) is 12.2. The zero-order valence-electron chi connectivity index (χ0n) is 12.2. The van der Waals surface area contributed by atoms with Gasteiger partial charge in [0.25, 0.3) is 6.43 Å². The second-order valence-corrected chi connectivity index (χ2v) is 4.39. The Balaban J connectivity index is 2.35. The van der Waals surface area contributed by atoms with E-state index in [1.54, 1.807) is 0 Å². The molecular formula is C14H12F3N3O3. The Morgan fingerprint density at radius 2 is 2.04 bits per heavy atom. The quantitative estimate of drug-likeness (QED) is 0.785. The van der Waals surface area contributed by atoms with Gasteiger partial charge in [-0.2, -0.15) is 0 Å². The lowest BCUT2D eigenvalue weighted by molar-refractivity contribution is 0.0592. The number of hydrogen-bond acceptors (Lipinski definition) is 6. The van der Waals surface area contributed by atoms with Gasteiger partial charge in [-0.3, -0.25) is 0 Å². The van der Waals surface area contributed by atoms with Gasteiger partial charge in [0.1, 0.15) is 0 Å². The number of methoxy groups -OCH3 is 1. The molecule has 0 atom stereocenters. The summed E-state index contributed by atoms with van der Waals surface area (Å²) in [7, 11) is 1.20. The normalized spacial score (nSPS) is 10.7. The van der Waals surface area contributed by atoms with Gasteiger partial charge in [0.2, 0.25) is 5.88 Å². The number of carbonyl (C=O) groups excluding carboxylic acids is 1. The summed E-state index contributed by atoms with van der Waals surface area (Å²) in [6, 6.07) is 1.14. The molecule has 122 valence electrons. The van der Waals surface area contributed by atoms with Gasteiger partial charge in [-0.15, -0.1) is 0 Å². The molecule has 2 rings (SSSR count). The minimum atomic E-state index is -2.67. The van der Waals surface area contributed by atoms with Crippen molar-refractivity contribution in [3.8, 4) is 17.1 Å². The zero-order chi connectivity index (χ0) is 17.0. The number of ether oxygens (including phenoxy) is 2. The van der Waals surface area contributed by atoms with Crippen molar-refractivity contribution in [2.45, 2.75) is 13.3 Å². The maximum atomic E-state index is 13.9. The van der Waals surface area contributed by atoms with Crippen molar-refractivity contribution < 1.29 is 27.4 Å². The standard InChI is InChI=1S/C14H12F3N3O3/c1-7-13(14(21)22-2)19-5-10(20-7)8-3-12(18-4-9(8)15)23-6-11(16)17/h3-5,11H,6H2,1-2H3. The van der Waals surface area contributed by atoms with Crippen LogP contribution in [0.1, 0.15) is 16.2 Å². The van der Waals surface area contributed by atoms with E-state index in [0.717, 1.165) is 12.3 Å². The maximum absolute atomic E-state index is 13.9. The number of aromatic nitrogens is 3. The van der Waals surface area contributed by atoms with Gasteiger partial charge in [-0.25, -0.2) is 32.9 Å². The molecule has 2 heterocycles. The van der Waals surface area contributed by atoms with E-state index in [0.29, 0.717) is 0 Å². The minimum absolute atomic E-state index is 0.000104.